The number of amides is 1. The Morgan fingerprint density at radius 2 is 2.05 bits per heavy atom. The average Bonchev–Trinajstić information content (AvgIpc) is 2.40. The van der Waals surface area contributed by atoms with E-state index in [2.05, 4.69) is 5.32 Å². The molecule has 0 radical (unpaired) electrons. The number of rotatable bonds is 4. The van der Waals surface area contributed by atoms with Crippen molar-refractivity contribution in [1.29, 1.82) is 0 Å². The Morgan fingerprint density at radius 3 is 2.74 bits per heavy atom. The largest absolute Gasteiger partial charge is 0.481 e. The maximum atomic E-state index is 11.9. The van der Waals surface area contributed by atoms with E-state index in [1.807, 2.05) is 35.2 Å². The zero-order valence-corrected chi connectivity index (χ0v) is 10.7. The van der Waals surface area contributed by atoms with Gasteiger partial charge in [-0.25, -0.2) is 0 Å². The van der Waals surface area contributed by atoms with Gasteiger partial charge in [-0.3, -0.25) is 14.5 Å². The van der Waals surface area contributed by atoms with Crippen molar-refractivity contribution in [3.05, 3.63) is 30.3 Å². The predicted octanol–water partition coefficient (Wildman–Crippen LogP) is 1.42. The first-order valence-corrected chi connectivity index (χ1v) is 6.45. The molecule has 1 heterocycles. The van der Waals surface area contributed by atoms with Gasteiger partial charge in [-0.2, -0.15) is 0 Å². The minimum absolute atomic E-state index is 0.0998. The van der Waals surface area contributed by atoms with E-state index in [0.29, 0.717) is 13.0 Å². The molecule has 0 aromatic heterocycles. The minimum atomic E-state index is -0.770. The molecule has 2 N–H and O–H groups in total. The minimum Gasteiger partial charge on any atom is -0.481 e. The number of nitrogens with zero attached hydrogens (tertiary/aromatic N) is 1. The molecule has 1 amide bonds. The summed E-state index contributed by atoms with van der Waals surface area (Å²) in [6, 6.07) is 9.26. The number of likely N-dealkylation sites (tertiary alicyclic amines) is 1. The Bertz CT molecular complexity index is 447. The second-order valence-corrected chi connectivity index (χ2v) is 4.83. The maximum Gasteiger partial charge on any atom is 0.307 e. The van der Waals surface area contributed by atoms with Crippen LogP contribution in [0, 0.1) is 5.92 Å². The summed E-state index contributed by atoms with van der Waals surface area (Å²) >= 11 is 0. The zero-order valence-electron chi connectivity index (χ0n) is 10.7. The summed E-state index contributed by atoms with van der Waals surface area (Å²) in [5, 5.41) is 11.8. The summed E-state index contributed by atoms with van der Waals surface area (Å²) in [7, 11) is 0. The van der Waals surface area contributed by atoms with E-state index in [4.69, 9.17) is 5.11 Å². The molecule has 5 heteroatoms. The monoisotopic (exact) mass is 262 g/mol. The summed E-state index contributed by atoms with van der Waals surface area (Å²) in [6.07, 6.45) is 1.53. The third-order valence-corrected chi connectivity index (χ3v) is 3.28. The van der Waals surface area contributed by atoms with Crippen molar-refractivity contribution in [1.82, 2.24) is 4.90 Å². The van der Waals surface area contributed by atoms with Crippen LogP contribution in [0.15, 0.2) is 30.3 Å². The molecular weight excluding hydrogens is 244 g/mol. The second kappa shape index (κ2) is 6.33. The highest BCUT2D eigenvalue weighted by Gasteiger charge is 2.26. The van der Waals surface area contributed by atoms with Crippen molar-refractivity contribution >= 4 is 17.6 Å². The molecule has 1 aliphatic rings. The third-order valence-electron chi connectivity index (χ3n) is 3.28. The number of anilines is 1. The number of nitrogens with one attached hydrogen (secondary N) is 1. The lowest BCUT2D eigenvalue weighted by molar-refractivity contribution is -0.144. The lowest BCUT2D eigenvalue weighted by Crippen LogP contribution is -2.42. The van der Waals surface area contributed by atoms with Crippen LogP contribution in [0.3, 0.4) is 0 Å². The van der Waals surface area contributed by atoms with Gasteiger partial charge < -0.3 is 10.4 Å². The first-order valence-electron chi connectivity index (χ1n) is 6.45. The molecule has 1 atom stereocenters. The number of hydrogen-bond acceptors (Lipinski definition) is 3. The Morgan fingerprint density at radius 1 is 1.32 bits per heavy atom. The Balaban J connectivity index is 1.83. The number of carboxylic acid groups (broad SMARTS) is 1. The van der Waals surface area contributed by atoms with Gasteiger partial charge in [-0.05, 0) is 31.5 Å². The number of carbonyl (C=O) groups is 2. The van der Waals surface area contributed by atoms with E-state index >= 15 is 0 Å². The van der Waals surface area contributed by atoms with Crippen molar-refractivity contribution in [2.24, 2.45) is 5.92 Å². The van der Waals surface area contributed by atoms with E-state index in [-0.39, 0.29) is 18.4 Å². The molecule has 1 aromatic carbocycles. The number of para-hydroxylation sites is 1. The van der Waals surface area contributed by atoms with Crippen LogP contribution >= 0.6 is 0 Å². The van der Waals surface area contributed by atoms with Gasteiger partial charge in [-0.1, -0.05) is 18.2 Å². The van der Waals surface area contributed by atoms with Crippen molar-refractivity contribution in [3.63, 3.8) is 0 Å². The van der Waals surface area contributed by atoms with E-state index in [1.54, 1.807) is 0 Å². The van der Waals surface area contributed by atoms with Crippen molar-refractivity contribution < 1.29 is 14.7 Å². The van der Waals surface area contributed by atoms with E-state index in [0.717, 1.165) is 18.7 Å². The van der Waals surface area contributed by atoms with Gasteiger partial charge in [0.05, 0.1) is 12.5 Å². The Kier molecular flexibility index (Phi) is 4.52. The van der Waals surface area contributed by atoms with E-state index < -0.39 is 5.97 Å². The van der Waals surface area contributed by atoms with Crippen molar-refractivity contribution in [3.8, 4) is 0 Å². The third kappa shape index (κ3) is 4.06. The highest BCUT2D eigenvalue weighted by Crippen LogP contribution is 2.16. The molecule has 1 fully saturated rings. The standard InChI is InChI=1S/C14H18N2O3/c17-13(15-12-6-2-1-3-7-12)10-16-8-4-5-11(9-16)14(18)19/h1-3,6-7,11H,4-5,8-10H2,(H,15,17)(H,18,19)/t11-/m0/s1. The Hall–Kier alpha value is -1.88. The first kappa shape index (κ1) is 13.5. The number of piperidine rings is 1. The summed E-state index contributed by atoms with van der Waals surface area (Å²) in [5.41, 5.74) is 0.763. The molecule has 5 nitrogen and oxygen atoms in total. The van der Waals surface area contributed by atoms with E-state index in [9.17, 15) is 9.59 Å². The predicted molar refractivity (Wildman–Crippen MR) is 71.9 cm³/mol. The number of hydrogen-bond donors (Lipinski definition) is 2. The molecule has 0 saturated carbocycles. The number of carboxylic acids is 1. The molecule has 0 spiro atoms. The van der Waals surface area contributed by atoms with Gasteiger partial charge in [0.15, 0.2) is 0 Å². The molecule has 1 aliphatic heterocycles. The lowest BCUT2D eigenvalue weighted by Gasteiger charge is -2.29. The second-order valence-electron chi connectivity index (χ2n) is 4.83. The topological polar surface area (TPSA) is 69.6 Å². The van der Waals surface area contributed by atoms with Gasteiger partial charge >= 0.3 is 5.97 Å². The molecule has 102 valence electrons. The molecule has 0 aliphatic carbocycles. The fourth-order valence-electron chi connectivity index (χ4n) is 2.33. The van der Waals surface area contributed by atoms with Gasteiger partial charge in [0.25, 0.3) is 0 Å². The highest BCUT2D eigenvalue weighted by molar-refractivity contribution is 5.92. The van der Waals surface area contributed by atoms with Gasteiger partial charge in [0.2, 0.25) is 5.91 Å². The first-order chi connectivity index (χ1) is 9.15. The van der Waals surface area contributed by atoms with Crippen LogP contribution in [-0.2, 0) is 9.59 Å². The molecule has 1 aromatic rings. The summed E-state index contributed by atoms with van der Waals surface area (Å²) in [6.45, 7) is 1.49. The molecule has 2 rings (SSSR count). The maximum absolute atomic E-state index is 11.9. The fourth-order valence-corrected chi connectivity index (χ4v) is 2.33. The van der Waals surface area contributed by atoms with Crippen LogP contribution in [0.1, 0.15) is 12.8 Å². The zero-order chi connectivity index (χ0) is 13.7. The SMILES string of the molecule is O=C(CN1CCC[C@H](C(=O)O)C1)Nc1ccccc1. The lowest BCUT2D eigenvalue weighted by atomic mass is 9.98. The summed E-state index contributed by atoms with van der Waals surface area (Å²) in [4.78, 5) is 24.7. The van der Waals surface area contributed by atoms with Gasteiger partial charge in [-0.15, -0.1) is 0 Å². The molecule has 19 heavy (non-hydrogen) atoms. The van der Waals surface area contributed by atoms with Gasteiger partial charge in [0, 0.05) is 12.2 Å². The normalized spacial score (nSPS) is 19.9. The fraction of sp³-hybridized carbons (Fsp3) is 0.429. The van der Waals surface area contributed by atoms with Crippen LogP contribution in [0.4, 0.5) is 5.69 Å². The summed E-state index contributed by atoms with van der Waals surface area (Å²) in [5.74, 6) is -1.22. The van der Waals surface area contributed by atoms with Crippen LogP contribution in [0.25, 0.3) is 0 Å². The van der Waals surface area contributed by atoms with Crippen LogP contribution in [-0.4, -0.2) is 41.5 Å². The summed E-state index contributed by atoms with van der Waals surface area (Å²) < 4.78 is 0. The number of aliphatic carboxylic acids is 1. The van der Waals surface area contributed by atoms with Crippen LogP contribution in [0.2, 0.25) is 0 Å². The smallest absolute Gasteiger partial charge is 0.307 e. The molecule has 0 unspecified atom stereocenters. The molecular formula is C14H18N2O3. The average molecular weight is 262 g/mol. The number of benzene rings is 1. The number of carbonyl (C=O) groups excluding carboxylic acids is 1. The van der Waals surface area contributed by atoms with E-state index in [1.165, 1.54) is 0 Å². The van der Waals surface area contributed by atoms with Crippen molar-refractivity contribution in [2.45, 2.75) is 12.8 Å². The quantitative estimate of drug-likeness (QED) is 0.861. The highest BCUT2D eigenvalue weighted by atomic mass is 16.4. The van der Waals surface area contributed by atoms with Gasteiger partial charge in [0.1, 0.15) is 0 Å². The van der Waals surface area contributed by atoms with Crippen LogP contribution < -0.4 is 5.32 Å². The van der Waals surface area contributed by atoms with Crippen LogP contribution in [0.5, 0.6) is 0 Å². The molecule has 1 saturated heterocycles. The Labute approximate surface area is 112 Å². The van der Waals surface area contributed by atoms with Crippen molar-refractivity contribution in [2.75, 3.05) is 25.0 Å². The molecule has 0 bridgehead atoms.